The van der Waals surface area contributed by atoms with Gasteiger partial charge in [-0.2, -0.15) is 4.31 Å². The number of amides is 1. The van der Waals surface area contributed by atoms with Gasteiger partial charge in [-0.3, -0.25) is 14.9 Å². The molecule has 1 saturated heterocycles. The Hall–Kier alpha value is -3.50. The van der Waals surface area contributed by atoms with Crippen molar-refractivity contribution < 1.29 is 22.6 Å². The van der Waals surface area contributed by atoms with E-state index >= 15 is 0 Å². The van der Waals surface area contributed by atoms with E-state index in [1.54, 1.807) is 11.0 Å². The van der Waals surface area contributed by atoms with Crippen LogP contribution in [0.15, 0.2) is 70.0 Å². The van der Waals surface area contributed by atoms with Gasteiger partial charge in [0.25, 0.3) is 5.69 Å². The zero-order valence-electron chi connectivity index (χ0n) is 16.4. The van der Waals surface area contributed by atoms with Crippen molar-refractivity contribution >= 4 is 38.7 Å². The molecule has 0 unspecified atom stereocenters. The normalized spacial score (nSPS) is 15.5. The van der Waals surface area contributed by atoms with Gasteiger partial charge >= 0.3 is 0 Å². The van der Waals surface area contributed by atoms with Crippen molar-refractivity contribution in [1.82, 2.24) is 9.21 Å². The molecule has 9 nitrogen and oxygen atoms in total. The molecule has 1 fully saturated rings. The predicted molar refractivity (Wildman–Crippen MR) is 114 cm³/mol. The number of para-hydroxylation sites is 1. The van der Waals surface area contributed by atoms with Crippen molar-refractivity contribution in [1.29, 1.82) is 0 Å². The first-order valence-electron chi connectivity index (χ1n) is 9.55. The molecule has 0 atom stereocenters. The summed E-state index contributed by atoms with van der Waals surface area (Å²) in [6, 6.07) is 14.3. The fourth-order valence-corrected chi connectivity index (χ4v) is 4.86. The Morgan fingerprint density at radius 3 is 2.48 bits per heavy atom. The van der Waals surface area contributed by atoms with Gasteiger partial charge in [-0.25, -0.2) is 8.42 Å². The first-order valence-corrected chi connectivity index (χ1v) is 11.0. The van der Waals surface area contributed by atoms with Crippen molar-refractivity contribution in [2.24, 2.45) is 0 Å². The minimum atomic E-state index is -3.88. The number of nitro benzene ring substituents is 1. The van der Waals surface area contributed by atoms with E-state index in [0.29, 0.717) is 5.76 Å². The van der Waals surface area contributed by atoms with Crippen molar-refractivity contribution in [3.63, 3.8) is 0 Å². The van der Waals surface area contributed by atoms with E-state index in [4.69, 9.17) is 4.42 Å². The second-order valence-corrected chi connectivity index (χ2v) is 8.94. The Kier molecular flexibility index (Phi) is 5.57. The number of piperazine rings is 1. The molecule has 4 rings (SSSR count). The molecule has 0 saturated carbocycles. The molecule has 1 aliphatic heterocycles. The van der Waals surface area contributed by atoms with Gasteiger partial charge in [-0.15, -0.1) is 0 Å². The Bertz CT molecular complexity index is 1240. The van der Waals surface area contributed by atoms with E-state index in [2.05, 4.69) is 0 Å². The molecule has 3 aromatic rings. The van der Waals surface area contributed by atoms with E-state index in [1.807, 2.05) is 30.3 Å². The monoisotopic (exact) mass is 441 g/mol. The number of carbonyl (C=O) groups excluding carboxylic acids is 1. The van der Waals surface area contributed by atoms with Gasteiger partial charge in [-0.05, 0) is 24.3 Å². The minimum Gasteiger partial charge on any atom is -0.457 e. The van der Waals surface area contributed by atoms with E-state index < -0.39 is 14.9 Å². The Morgan fingerprint density at radius 1 is 1.03 bits per heavy atom. The van der Waals surface area contributed by atoms with Crippen LogP contribution in [0.25, 0.3) is 17.0 Å². The van der Waals surface area contributed by atoms with Crippen LogP contribution in [-0.2, 0) is 14.8 Å². The Labute approximate surface area is 178 Å². The molecule has 1 aromatic heterocycles. The van der Waals surface area contributed by atoms with Crippen LogP contribution in [0.5, 0.6) is 0 Å². The number of nitro groups is 1. The molecule has 2 aromatic carbocycles. The number of fused-ring (bicyclic) bond motifs is 1. The molecule has 160 valence electrons. The standard InChI is InChI=1S/C21H19N3O6S/c25-21(9-8-18-14-16-4-1-2-7-20(16)30-18)22-10-12-23(13-11-22)31(28,29)19-6-3-5-17(15-19)24(26)27/h1-9,14-15H,10-13H2/b9-8+. The topological polar surface area (TPSA) is 114 Å². The third-order valence-corrected chi connectivity index (χ3v) is 6.95. The zero-order chi connectivity index (χ0) is 22.0. The first kappa shape index (κ1) is 20.8. The molecule has 10 heteroatoms. The quantitative estimate of drug-likeness (QED) is 0.342. The number of hydrogen-bond donors (Lipinski definition) is 0. The molecule has 0 aliphatic carbocycles. The molecule has 2 heterocycles. The Balaban J connectivity index is 1.40. The highest BCUT2D eigenvalue weighted by molar-refractivity contribution is 7.89. The molecule has 0 spiro atoms. The Morgan fingerprint density at radius 2 is 1.77 bits per heavy atom. The smallest absolute Gasteiger partial charge is 0.270 e. The van der Waals surface area contributed by atoms with E-state index in [0.717, 1.165) is 17.0 Å². The van der Waals surface area contributed by atoms with Gasteiger partial charge in [0.05, 0.1) is 9.82 Å². The van der Waals surface area contributed by atoms with E-state index in [-0.39, 0.29) is 42.7 Å². The summed E-state index contributed by atoms with van der Waals surface area (Å²) in [5, 5.41) is 11.9. The highest BCUT2D eigenvalue weighted by Gasteiger charge is 2.30. The number of hydrogen-bond acceptors (Lipinski definition) is 6. The third-order valence-electron chi connectivity index (χ3n) is 5.05. The molecule has 1 aliphatic rings. The maximum absolute atomic E-state index is 12.8. The second-order valence-electron chi connectivity index (χ2n) is 7.00. The van der Waals surface area contributed by atoms with E-state index in [9.17, 15) is 23.3 Å². The summed E-state index contributed by atoms with van der Waals surface area (Å²) in [6.45, 7) is 0.652. The van der Waals surface area contributed by atoms with Gasteiger partial charge < -0.3 is 9.32 Å². The van der Waals surface area contributed by atoms with Crippen molar-refractivity contribution in [3.8, 4) is 0 Å². The van der Waals surface area contributed by atoms with Crippen LogP contribution in [0.3, 0.4) is 0 Å². The molecule has 1 amide bonds. The SMILES string of the molecule is O=C(/C=C/c1cc2ccccc2o1)N1CCN(S(=O)(=O)c2cccc([N+](=O)[O-])c2)CC1. The van der Waals surface area contributed by atoms with Crippen LogP contribution < -0.4 is 0 Å². The summed E-state index contributed by atoms with van der Waals surface area (Å²) < 4.78 is 32.5. The first-order chi connectivity index (χ1) is 14.8. The maximum atomic E-state index is 12.8. The molecule has 0 N–H and O–H groups in total. The predicted octanol–water partition coefficient (Wildman–Crippen LogP) is 2.89. The molecular formula is C21H19N3O6S. The van der Waals surface area contributed by atoms with Gasteiger partial charge in [-0.1, -0.05) is 24.3 Å². The second kappa shape index (κ2) is 8.32. The summed E-state index contributed by atoms with van der Waals surface area (Å²) in [6.07, 6.45) is 3.00. The minimum absolute atomic E-state index is 0.106. The maximum Gasteiger partial charge on any atom is 0.270 e. The summed E-state index contributed by atoms with van der Waals surface area (Å²) in [5.41, 5.74) is 0.445. The number of nitrogens with zero attached hydrogens (tertiary/aromatic N) is 3. The number of non-ortho nitro benzene ring substituents is 1. The lowest BCUT2D eigenvalue weighted by molar-refractivity contribution is -0.385. The molecule has 31 heavy (non-hydrogen) atoms. The summed E-state index contributed by atoms with van der Waals surface area (Å²) in [7, 11) is -3.88. The number of rotatable bonds is 5. The van der Waals surface area contributed by atoms with Crippen LogP contribution in [0.1, 0.15) is 5.76 Å². The van der Waals surface area contributed by atoms with Gasteiger partial charge in [0.15, 0.2) is 0 Å². The summed E-state index contributed by atoms with van der Waals surface area (Å²) >= 11 is 0. The van der Waals surface area contributed by atoms with Crippen LogP contribution in [0, 0.1) is 10.1 Å². The number of benzene rings is 2. The largest absolute Gasteiger partial charge is 0.457 e. The van der Waals surface area contributed by atoms with E-state index in [1.165, 1.54) is 28.6 Å². The molecular weight excluding hydrogens is 422 g/mol. The van der Waals surface area contributed by atoms with Gasteiger partial charge in [0.2, 0.25) is 15.9 Å². The zero-order valence-corrected chi connectivity index (χ0v) is 17.2. The van der Waals surface area contributed by atoms with Crippen molar-refractivity contribution in [3.05, 3.63) is 76.5 Å². The lowest BCUT2D eigenvalue weighted by Crippen LogP contribution is -2.50. The van der Waals surface area contributed by atoms with Crippen molar-refractivity contribution in [2.45, 2.75) is 4.90 Å². The average molecular weight is 441 g/mol. The highest BCUT2D eigenvalue weighted by Crippen LogP contribution is 2.23. The summed E-state index contributed by atoms with van der Waals surface area (Å²) in [5.74, 6) is 0.314. The number of carbonyl (C=O) groups is 1. The lowest BCUT2D eigenvalue weighted by Gasteiger charge is -2.33. The van der Waals surface area contributed by atoms with Gasteiger partial charge in [0.1, 0.15) is 11.3 Å². The number of sulfonamides is 1. The summed E-state index contributed by atoms with van der Waals surface area (Å²) in [4.78, 5) is 24.2. The highest BCUT2D eigenvalue weighted by atomic mass is 32.2. The van der Waals surface area contributed by atoms with Crippen LogP contribution in [0.2, 0.25) is 0 Å². The molecule has 0 bridgehead atoms. The van der Waals surface area contributed by atoms with Gasteiger partial charge in [0, 0.05) is 49.8 Å². The fraction of sp³-hybridized carbons (Fsp3) is 0.190. The van der Waals surface area contributed by atoms with Crippen LogP contribution in [0.4, 0.5) is 5.69 Å². The van der Waals surface area contributed by atoms with Crippen LogP contribution in [-0.4, -0.2) is 54.6 Å². The number of furan rings is 1. The lowest BCUT2D eigenvalue weighted by atomic mass is 10.2. The van der Waals surface area contributed by atoms with Crippen LogP contribution >= 0.6 is 0 Å². The van der Waals surface area contributed by atoms with Crippen molar-refractivity contribution in [2.75, 3.05) is 26.2 Å². The molecule has 0 radical (unpaired) electrons. The third kappa shape index (κ3) is 4.35. The average Bonchev–Trinajstić information content (AvgIpc) is 3.20. The fourth-order valence-electron chi connectivity index (χ4n) is 3.40.